The molecule has 4 aromatic rings. The Hall–Kier alpha value is -4.21. The molecule has 1 fully saturated rings. The lowest BCUT2D eigenvalue weighted by Crippen LogP contribution is -2.18. The van der Waals surface area contributed by atoms with Crippen molar-refractivity contribution in [3.8, 4) is 17.2 Å². The molecular formula is C24H23N5O5. The van der Waals surface area contributed by atoms with Gasteiger partial charge in [0.05, 0.1) is 31.1 Å². The van der Waals surface area contributed by atoms with E-state index in [-0.39, 0.29) is 11.9 Å². The molecule has 5 rings (SSSR count). The number of ether oxygens (including phenoxy) is 2. The Kier molecular flexibility index (Phi) is 5.48. The van der Waals surface area contributed by atoms with E-state index in [1.807, 2.05) is 0 Å². The van der Waals surface area contributed by atoms with Gasteiger partial charge in [-0.2, -0.15) is 0 Å². The summed E-state index contributed by atoms with van der Waals surface area (Å²) in [6.07, 6.45) is 3.78. The van der Waals surface area contributed by atoms with Crippen LogP contribution in [0, 0.1) is 11.8 Å². The second kappa shape index (κ2) is 8.62. The molecule has 34 heavy (non-hydrogen) atoms. The molecule has 10 nitrogen and oxygen atoms in total. The van der Waals surface area contributed by atoms with Crippen LogP contribution in [0.15, 0.2) is 41.1 Å². The number of pyridine rings is 2. The minimum absolute atomic E-state index is 0.261. The van der Waals surface area contributed by atoms with Gasteiger partial charge in [0.25, 0.3) is 0 Å². The predicted molar refractivity (Wildman–Crippen MR) is 125 cm³/mol. The molecule has 0 spiro atoms. The maximum atomic E-state index is 12.7. The van der Waals surface area contributed by atoms with E-state index in [9.17, 15) is 9.59 Å². The molecular weight excluding hydrogens is 438 g/mol. The van der Waals surface area contributed by atoms with Gasteiger partial charge in [-0.15, -0.1) is 0 Å². The van der Waals surface area contributed by atoms with Gasteiger partial charge in [0.15, 0.2) is 5.58 Å². The highest BCUT2D eigenvalue weighted by Crippen LogP contribution is 2.40. The standard InChI is InChI=1S/C24H23N5O5/c1-4-33-24(31)15-8-14(15)22(30)29-20-9-13-16(10-26-20)21(25-2)27-11-17(13)23-28-18-7-12(32-3)5-6-19(18)34-23/h5-7,9-11,14-15H,4,8H2,1-3H3,(H,25,27)(H,26,29,30). The maximum absolute atomic E-state index is 12.7. The highest BCUT2D eigenvalue weighted by molar-refractivity contribution is 6.04. The molecule has 3 aromatic heterocycles. The highest BCUT2D eigenvalue weighted by atomic mass is 16.5. The van der Waals surface area contributed by atoms with Crippen molar-refractivity contribution in [2.45, 2.75) is 13.3 Å². The van der Waals surface area contributed by atoms with Gasteiger partial charge in [-0.05, 0) is 31.5 Å². The fourth-order valence-electron chi connectivity index (χ4n) is 3.94. The third kappa shape index (κ3) is 3.87. The summed E-state index contributed by atoms with van der Waals surface area (Å²) in [5.41, 5.74) is 1.92. The predicted octanol–water partition coefficient (Wildman–Crippen LogP) is 3.63. The number of nitrogens with one attached hydrogen (secondary N) is 2. The Morgan fingerprint density at radius 3 is 2.76 bits per heavy atom. The molecule has 1 aromatic carbocycles. The van der Waals surface area contributed by atoms with Gasteiger partial charge in [0.1, 0.15) is 22.9 Å². The van der Waals surface area contributed by atoms with Crippen LogP contribution in [0.25, 0.3) is 33.3 Å². The third-order valence-electron chi connectivity index (χ3n) is 5.80. The number of carbonyl (C=O) groups excluding carboxylic acids is 2. The van der Waals surface area contributed by atoms with Gasteiger partial charge in [-0.25, -0.2) is 15.0 Å². The summed E-state index contributed by atoms with van der Waals surface area (Å²) in [7, 11) is 3.36. The Labute approximate surface area is 194 Å². The Bertz CT molecular complexity index is 1420. The van der Waals surface area contributed by atoms with Crippen molar-refractivity contribution < 1.29 is 23.5 Å². The van der Waals surface area contributed by atoms with Gasteiger partial charge < -0.3 is 24.5 Å². The Morgan fingerprint density at radius 1 is 1.15 bits per heavy atom. The van der Waals surface area contributed by atoms with Crippen LogP contribution in [0.3, 0.4) is 0 Å². The molecule has 2 atom stereocenters. The van der Waals surface area contributed by atoms with E-state index in [4.69, 9.17) is 13.9 Å². The lowest BCUT2D eigenvalue weighted by molar-refractivity contribution is -0.145. The van der Waals surface area contributed by atoms with E-state index < -0.39 is 11.8 Å². The summed E-state index contributed by atoms with van der Waals surface area (Å²) in [4.78, 5) is 38.0. The molecule has 1 aliphatic rings. The first kappa shape index (κ1) is 21.6. The minimum atomic E-state index is -0.409. The summed E-state index contributed by atoms with van der Waals surface area (Å²) in [6, 6.07) is 7.15. The third-order valence-corrected chi connectivity index (χ3v) is 5.80. The second-order valence-corrected chi connectivity index (χ2v) is 7.93. The fraction of sp³-hybridized carbons (Fsp3) is 0.292. The quantitative estimate of drug-likeness (QED) is 0.396. The summed E-state index contributed by atoms with van der Waals surface area (Å²) in [5, 5.41) is 7.36. The van der Waals surface area contributed by atoms with Crippen molar-refractivity contribution in [3.05, 3.63) is 36.7 Å². The van der Waals surface area contributed by atoms with E-state index in [1.165, 1.54) is 0 Å². The number of nitrogens with zero attached hydrogens (tertiary/aromatic N) is 3. The number of anilines is 2. The van der Waals surface area contributed by atoms with Crippen LogP contribution in [0.2, 0.25) is 0 Å². The molecule has 1 saturated carbocycles. The zero-order valence-corrected chi connectivity index (χ0v) is 18.9. The molecule has 0 radical (unpaired) electrons. The van der Waals surface area contributed by atoms with Crippen LogP contribution in [0.1, 0.15) is 13.3 Å². The number of esters is 1. The van der Waals surface area contributed by atoms with E-state index in [2.05, 4.69) is 25.6 Å². The van der Waals surface area contributed by atoms with E-state index >= 15 is 0 Å². The first-order valence-electron chi connectivity index (χ1n) is 10.9. The fourth-order valence-corrected chi connectivity index (χ4v) is 3.94. The summed E-state index contributed by atoms with van der Waals surface area (Å²) in [5.74, 6) is 0.650. The van der Waals surface area contributed by atoms with Crippen LogP contribution in [-0.4, -0.2) is 47.6 Å². The largest absolute Gasteiger partial charge is 0.497 e. The maximum Gasteiger partial charge on any atom is 0.309 e. The number of amides is 1. The highest BCUT2D eigenvalue weighted by Gasteiger charge is 2.49. The monoisotopic (exact) mass is 461 g/mol. The van der Waals surface area contributed by atoms with Gasteiger partial charge in [0.2, 0.25) is 11.8 Å². The van der Waals surface area contributed by atoms with Gasteiger partial charge in [-0.3, -0.25) is 9.59 Å². The molecule has 2 unspecified atom stereocenters. The molecule has 0 bridgehead atoms. The van der Waals surface area contributed by atoms with Gasteiger partial charge in [0, 0.05) is 36.3 Å². The smallest absolute Gasteiger partial charge is 0.309 e. The van der Waals surface area contributed by atoms with E-state index in [0.717, 1.165) is 10.8 Å². The first-order valence-corrected chi connectivity index (χ1v) is 10.9. The number of aromatic nitrogens is 3. The topological polar surface area (TPSA) is 128 Å². The minimum Gasteiger partial charge on any atom is -0.497 e. The van der Waals surface area contributed by atoms with Crippen LogP contribution >= 0.6 is 0 Å². The lowest BCUT2D eigenvalue weighted by Gasteiger charge is -2.10. The van der Waals surface area contributed by atoms with Gasteiger partial charge >= 0.3 is 5.97 Å². The second-order valence-electron chi connectivity index (χ2n) is 7.93. The lowest BCUT2D eigenvalue weighted by atomic mass is 10.1. The molecule has 1 amide bonds. The SMILES string of the molecule is CCOC(=O)C1CC1C(=O)Nc1cc2c(-c3nc4cc(OC)ccc4o3)cnc(NC)c2cn1. The van der Waals surface area contributed by atoms with E-state index in [0.29, 0.717) is 53.0 Å². The van der Waals surface area contributed by atoms with Crippen molar-refractivity contribution in [2.24, 2.45) is 11.8 Å². The number of hydrogen-bond donors (Lipinski definition) is 2. The van der Waals surface area contributed by atoms with Crippen molar-refractivity contribution >= 4 is 45.4 Å². The van der Waals surface area contributed by atoms with Crippen LogP contribution in [0.4, 0.5) is 11.6 Å². The number of benzene rings is 1. The summed E-state index contributed by atoms with van der Waals surface area (Å²) >= 11 is 0. The molecule has 0 aliphatic heterocycles. The van der Waals surface area contributed by atoms with Crippen molar-refractivity contribution in [1.29, 1.82) is 0 Å². The normalized spacial score (nSPS) is 16.9. The Balaban J connectivity index is 1.49. The molecule has 10 heteroatoms. The van der Waals surface area contributed by atoms with Crippen molar-refractivity contribution in [3.63, 3.8) is 0 Å². The molecule has 1 aliphatic carbocycles. The van der Waals surface area contributed by atoms with E-state index in [1.54, 1.807) is 57.7 Å². The van der Waals surface area contributed by atoms with Gasteiger partial charge in [-0.1, -0.05) is 0 Å². The zero-order chi connectivity index (χ0) is 23.8. The first-order chi connectivity index (χ1) is 16.5. The Morgan fingerprint density at radius 2 is 2.00 bits per heavy atom. The average molecular weight is 461 g/mol. The number of fused-ring (bicyclic) bond motifs is 2. The summed E-state index contributed by atoms with van der Waals surface area (Å²) < 4.78 is 16.3. The van der Waals surface area contributed by atoms with Crippen LogP contribution in [-0.2, 0) is 14.3 Å². The molecule has 0 saturated heterocycles. The van der Waals surface area contributed by atoms with Crippen molar-refractivity contribution in [1.82, 2.24) is 15.0 Å². The summed E-state index contributed by atoms with van der Waals surface area (Å²) in [6.45, 7) is 2.04. The molecule has 2 N–H and O–H groups in total. The zero-order valence-electron chi connectivity index (χ0n) is 18.9. The number of oxazole rings is 1. The molecule has 3 heterocycles. The number of methoxy groups -OCH3 is 1. The number of carbonyl (C=O) groups is 2. The average Bonchev–Trinajstić information content (AvgIpc) is 3.55. The van der Waals surface area contributed by atoms with Crippen molar-refractivity contribution in [2.75, 3.05) is 31.4 Å². The molecule has 174 valence electrons. The number of hydrogen-bond acceptors (Lipinski definition) is 9. The van der Waals surface area contributed by atoms with Crippen LogP contribution in [0.5, 0.6) is 5.75 Å². The number of rotatable bonds is 7. The van der Waals surface area contributed by atoms with Crippen LogP contribution < -0.4 is 15.4 Å².